The fourth-order valence-corrected chi connectivity index (χ4v) is 2.24. The number of anilines is 2. The normalized spacial score (nSPS) is 10.2. The summed E-state index contributed by atoms with van der Waals surface area (Å²) in [7, 11) is 0. The molecule has 0 unspecified atom stereocenters. The summed E-state index contributed by atoms with van der Waals surface area (Å²) in [4.78, 5) is 36.0. The molecule has 0 atom stereocenters. The fraction of sp³-hybridized carbons (Fsp3) is 0.105. The SMILES string of the molecule is CC(=O)c1cccc(Nc2cnc(C(=O)NCc3ccccn3)cn2)c1. The van der Waals surface area contributed by atoms with Crippen molar-refractivity contribution in [3.05, 3.63) is 78.0 Å². The molecule has 0 saturated carbocycles. The molecule has 0 fully saturated rings. The first kappa shape index (κ1) is 17.2. The Bertz CT molecular complexity index is 911. The van der Waals surface area contributed by atoms with E-state index in [1.54, 1.807) is 24.4 Å². The number of carbonyl (C=O) groups is 2. The van der Waals surface area contributed by atoms with Gasteiger partial charge in [-0.25, -0.2) is 9.97 Å². The lowest BCUT2D eigenvalue weighted by atomic mass is 10.1. The van der Waals surface area contributed by atoms with Gasteiger partial charge in [-0.2, -0.15) is 0 Å². The molecule has 0 radical (unpaired) electrons. The third kappa shape index (κ3) is 4.47. The van der Waals surface area contributed by atoms with Crippen LogP contribution in [-0.4, -0.2) is 26.6 Å². The van der Waals surface area contributed by atoms with Crippen LogP contribution in [0.3, 0.4) is 0 Å². The maximum Gasteiger partial charge on any atom is 0.271 e. The number of benzene rings is 1. The van der Waals surface area contributed by atoms with E-state index in [9.17, 15) is 9.59 Å². The molecule has 3 aromatic rings. The van der Waals surface area contributed by atoms with Crippen molar-refractivity contribution < 1.29 is 9.59 Å². The minimum atomic E-state index is -0.326. The number of Topliss-reactive ketones (excluding diaryl/α,β-unsaturated/α-hetero) is 1. The molecule has 2 aromatic heterocycles. The monoisotopic (exact) mass is 347 g/mol. The molecule has 2 heterocycles. The Morgan fingerprint density at radius 2 is 1.88 bits per heavy atom. The van der Waals surface area contributed by atoms with Crippen molar-refractivity contribution in [3.8, 4) is 0 Å². The molecule has 7 heteroatoms. The molecule has 0 aliphatic carbocycles. The highest BCUT2D eigenvalue weighted by Crippen LogP contribution is 2.15. The average Bonchev–Trinajstić information content (AvgIpc) is 2.68. The molecule has 0 spiro atoms. The minimum absolute atomic E-state index is 0.0142. The van der Waals surface area contributed by atoms with Gasteiger partial charge in [-0.3, -0.25) is 14.6 Å². The fourth-order valence-electron chi connectivity index (χ4n) is 2.24. The number of nitrogens with one attached hydrogen (secondary N) is 2. The van der Waals surface area contributed by atoms with E-state index in [0.717, 1.165) is 11.4 Å². The molecule has 26 heavy (non-hydrogen) atoms. The van der Waals surface area contributed by atoms with Crippen molar-refractivity contribution >= 4 is 23.2 Å². The van der Waals surface area contributed by atoms with E-state index in [1.807, 2.05) is 24.3 Å². The summed E-state index contributed by atoms with van der Waals surface area (Å²) in [6.07, 6.45) is 4.53. The highest BCUT2D eigenvalue weighted by molar-refractivity contribution is 5.95. The van der Waals surface area contributed by atoms with Crippen molar-refractivity contribution in [2.75, 3.05) is 5.32 Å². The van der Waals surface area contributed by atoms with E-state index in [2.05, 4.69) is 25.6 Å². The Kier molecular flexibility index (Phi) is 5.28. The predicted octanol–water partition coefficient (Wildman–Crippen LogP) is 2.75. The van der Waals surface area contributed by atoms with Gasteiger partial charge in [0.1, 0.15) is 11.5 Å². The molecule has 0 bridgehead atoms. The van der Waals surface area contributed by atoms with Gasteiger partial charge in [0, 0.05) is 17.4 Å². The van der Waals surface area contributed by atoms with Crippen LogP contribution in [0, 0.1) is 0 Å². The van der Waals surface area contributed by atoms with Crippen LogP contribution in [0.5, 0.6) is 0 Å². The van der Waals surface area contributed by atoms with Gasteiger partial charge in [-0.05, 0) is 31.2 Å². The first-order valence-electron chi connectivity index (χ1n) is 8.00. The zero-order valence-corrected chi connectivity index (χ0v) is 14.1. The second-order valence-electron chi connectivity index (χ2n) is 5.55. The van der Waals surface area contributed by atoms with E-state index >= 15 is 0 Å². The smallest absolute Gasteiger partial charge is 0.271 e. The van der Waals surface area contributed by atoms with E-state index in [-0.39, 0.29) is 17.4 Å². The van der Waals surface area contributed by atoms with Gasteiger partial charge in [0.05, 0.1) is 24.6 Å². The standard InChI is InChI=1S/C19H17N5O2/c1-13(25)14-5-4-7-15(9-14)24-18-12-21-17(11-22-18)19(26)23-10-16-6-2-3-8-20-16/h2-9,11-12H,10H2,1H3,(H,22,24)(H,23,26). The Hall–Kier alpha value is -3.61. The second-order valence-corrected chi connectivity index (χ2v) is 5.55. The number of pyridine rings is 1. The van der Waals surface area contributed by atoms with Gasteiger partial charge < -0.3 is 10.6 Å². The van der Waals surface area contributed by atoms with Gasteiger partial charge in [-0.15, -0.1) is 0 Å². The number of rotatable bonds is 6. The average molecular weight is 347 g/mol. The summed E-state index contributed by atoms with van der Waals surface area (Å²) in [5.41, 5.74) is 2.30. The maximum atomic E-state index is 12.1. The lowest BCUT2D eigenvalue weighted by molar-refractivity contribution is 0.0944. The highest BCUT2D eigenvalue weighted by Gasteiger charge is 2.08. The van der Waals surface area contributed by atoms with Crippen LogP contribution in [-0.2, 0) is 6.54 Å². The Morgan fingerprint density at radius 1 is 1.00 bits per heavy atom. The molecule has 0 aliphatic rings. The van der Waals surface area contributed by atoms with Crippen LogP contribution in [0.2, 0.25) is 0 Å². The molecule has 1 amide bonds. The van der Waals surface area contributed by atoms with Crippen molar-refractivity contribution in [1.29, 1.82) is 0 Å². The largest absolute Gasteiger partial charge is 0.345 e. The molecule has 1 aromatic carbocycles. The summed E-state index contributed by atoms with van der Waals surface area (Å²) in [6, 6.07) is 12.6. The molecule has 2 N–H and O–H groups in total. The molecular formula is C19H17N5O2. The summed E-state index contributed by atoms with van der Waals surface area (Å²) in [5, 5.41) is 5.80. The van der Waals surface area contributed by atoms with E-state index in [1.165, 1.54) is 19.3 Å². The lowest BCUT2D eigenvalue weighted by Gasteiger charge is -2.07. The number of amides is 1. The number of nitrogens with zero attached hydrogens (tertiary/aromatic N) is 3. The van der Waals surface area contributed by atoms with Crippen LogP contribution in [0.15, 0.2) is 61.1 Å². The zero-order valence-electron chi connectivity index (χ0n) is 14.1. The summed E-state index contributed by atoms with van der Waals surface area (Å²) in [5.74, 6) is 0.139. The van der Waals surface area contributed by atoms with E-state index in [4.69, 9.17) is 0 Å². The van der Waals surface area contributed by atoms with Gasteiger partial charge in [0.15, 0.2) is 5.78 Å². The molecule has 130 valence electrons. The number of carbonyl (C=O) groups excluding carboxylic acids is 2. The third-order valence-electron chi connectivity index (χ3n) is 3.58. The number of hydrogen-bond donors (Lipinski definition) is 2. The van der Waals surface area contributed by atoms with Crippen LogP contribution in [0.25, 0.3) is 0 Å². The molecule has 0 aliphatic heterocycles. The van der Waals surface area contributed by atoms with Crippen molar-refractivity contribution in [2.24, 2.45) is 0 Å². The number of hydrogen-bond acceptors (Lipinski definition) is 6. The molecular weight excluding hydrogens is 330 g/mol. The van der Waals surface area contributed by atoms with Gasteiger partial charge >= 0.3 is 0 Å². The maximum absolute atomic E-state index is 12.1. The Morgan fingerprint density at radius 3 is 2.58 bits per heavy atom. The van der Waals surface area contributed by atoms with E-state index in [0.29, 0.717) is 17.9 Å². The van der Waals surface area contributed by atoms with Crippen LogP contribution < -0.4 is 10.6 Å². The number of aromatic nitrogens is 3. The second kappa shape index (κ2) is 7.98. The minimum Gasteiger partial charge on any atom is -0.345 e. The predicted molar refractivity (Wildman–Crippen MR) is 97.2 cm³/mol. The molecule has 3 rings (SSSR count). The first-order valence-corrected chi connectivity index (χ1v) is 8.00. The Labute approximate surface area is 150 Å². The molecule has 7 nitrogen and oxygen atoms in total. The van der Waals surface area contributed by atoms with Gasteiger partial charge in [0.25, 0.3) is 5.91 Å². The zero-order chi connectivity index (χ0) is 18.4. The molecule has 0 saturated heterocycles. The quantitative estimate of drug-likeness (QED) is 0.666. The first-order chi connectivity index (χ1) is 12.6. The summed E-state index contributed by atoms with van der Waals surface area (Å²) >= 11 is 0. The van der Waals surface area contributed by atoms with E-state index < -0.39 is 0 Å². The highest BCUT2D eigenvalue weighted by atomic mass is 16.1. The van der Waals surface area contributed by atoms with Gasteiger partial charge in [0.2, 0.25) is 0 Å². The topological polar surface area (TPSA) is 96.9 Å². The van der Waals surface area contributed by atoms with Crippen LogP contribution in [0.1, 0.15) is 33.5 Å². The summed E-state index contributed by atoms with van der Waals surface area (Å²) in [6.45, 7) is 1.83. The van der Waals surface area contributed by atoms with Crippen LogP contribution >= 0.6 is 0 Å². The lowest BCUT2D eigenvalue weighted by Crippen LogP contribution is -2.24. The number of ketones is 1. The summed E-state index contributed by atoms with van der Waals surface area (Å²) < 4.78 is 0. The Balaban J connectivity index is 1.62. The van der Waals surface area contributed by atoms with Crippen molar-refractivity contribution in [2.45, 2.75) is 13.5 Å². The van der Waals surface area contributed by atoms with Gasteiger partial charge in [-0.1, -0.05) is 18.2 Å². The van der Waals surface area contributed by atoms with Crippen LogP contribution in [0.4, 0.5) is 11.5 Å². The van der Waals surface area contributed by atoms with Crippen molar-refractivity contribution in [3.63, 3.8) is 0 Å². The van der Waals surface area contributed by atoms with Crippen molar-refractivity contribution in [1.82, 2.24) is 20.3 Å². The third-order valence-corrected chi connectivity index (χ3v) is 3.58.